The lowest BCUT2D eigenvalue weighted by atomic mass is 9.92. The van der Waals surface area contributed by atoms with Crippen LogP contribution in [0.4, 0.5) is 0 Å². The van der Waals surface area contributed by atoms with E-state index in [1.807, 2.05) is 18.4 Å². The molecular weight excluding hydrogens is 262 g/mol. The summed E-state index contributed by atoms with van der Waals surface area (Å²) >= 11 is 1.62. The summed E-state index contributed by atoms with van der Waals surface area (Å²) < 4.78 is 0. The number of hydrogen-bond acceptors (Lipinski definition) is 4. The molecule has 19 heavy (non-hydrogen) atoms. The first-order valence-electron chi connectivity index (χ1n) is 5.81. The Kier molecular flexibility index (Phi) is 5.23. The van der Waals surface area contributed by atoms with Crippen molar-refractivity contribution in [3.05, 3.63) is 29.8 Å². The van der Waals surface area contributed by atoms with E-state index in [0.717, 1.165) is 4.90 Å². The largest absolute Gasteiger partial charge is 0.409 e. The van der Waals surface area contributed by atoms with Crippen molar-refractivity contribution < 1.29 is 10.0 Å². The zero-order valence-corrected chi connectivity index (χ0v) is 12.1. The number of rotatable bonds is 5. The first kappa shape index (κ1) is 15.4. The molecule has 1 rings (SSSR count). The number of nitrogens with one attached hydrogen (secondary N) is 1. The summed E-state index contributed by atoms with van der Waals surface area (Å²) in [5.41, 5.74) is 5.56. The van der Waals surface area contributed by atoms with Crippen molar-refractivity contribution >= 4 is 23.5 Å². The van der Waals surface area contributed by atoms with Gasteiger partial charge in [0.1, 0.15) is 5.84 Å². The predicted molar refractivity (Wildman–Crippen MR) is 77.7 cm³/mol. The SMILES string of the molecule is CSc1ccc(C(=O)NCC(C)(C)/C(N)=N/O)cc1. The van der Waals surface area contributed by atoms with Crippen molar-refractivity contribution in [2.45, 2.75) is 18.7 Å². The van der Waals surface area contributed by atoms with Gasteiger partial charge in [-0.05, 0) is 30.5 Å². The number of nitrogens with zero attached hydrogens (tertiary/aromatic N) is 1. The Balaban J connectivity index is 2.65. The van der Waals surface area contributed by atoms with Crippen molar-refractivity contribution in [3.8, 4) is 0 Å². The molecule has 0 saturated carbocycles. The fourth-order valence-electron chi connectivity index (χ4n) is 1.37. The number of thioether (sulfide) groups is 1. The van der Waals surface area contributed by atoms with E-state index >= 15 is 0 Å². The van der Waals surface area contributed by atoms with Crippen LogP contribution >= 0.6 is 11.8 Å². The molecule has 1 aromatic carbocycles. The highest BCUT2D eigenvalue weighted by Crippen LogP contribution is 2.16. The van der Waals surface area contributed by atoms with Crippen LogP contribution < -0.4 is 11.1 Å². The number of carbonyl (C=O) groups excluding carboxylic acids is 1. The highest BCUT2D eigenvalue weighted by Gasteiger charge is 2.24. The summed E-state index contributed by atoms with van der Waals surface area (Å²) in [5.74, 6) is -0.0861. The van der Waals surface area contributed by atoms with Gasteiger partial charge in [0.2, 0.25) is 0 Å². The van der Waals surface area contributed by atoms with Gasteiger partial charge < -0.3 is 16.3 Å². The summed E-state index contributed by atoms with van der Waals surface area (Å²) in [6.45, 7) is 3.88. The molecule has 0 spiro atoms. The van der Waals surface area contributed by atoms with Crippen molar-refractivity contribution in [2.75, 3.05) is 12.8 Å². The molecule has 0 bridgehead atoms. The number of amidine groups is 1. The molecule has 0 aliphatic carbocycles. The molecule has 6 heteroatoms. The van der Waals surface area contributed by atoms with Crippen molar-refractivity contribution in [2.24, 2.45) is 16.3 Å². The normalized spacial score (nSPS) is 12.3. The molecule has 0 radical (unpaired) electrons. The first-order valence-corrected chi connectivity index (χ1v) is 7.03. The van der Waals surface area contributed by atoms with Crippen LogP contribution in [-0.4, -0.2) is 29.8 Å². The molecule has 1 amide bonds. The Hall–Kier alpha value is -1.69. The predicted octanol–water partition coefficient (Wildman–Crippen LogP) is 1.91. The Morgan fingerprint density at radius 3 is 2.47 bits per heavy atom. The van der Waals surface area contributed by atoms with Gasteiger partial charge in [-0.3, -0.25) is 4.79 Å². The van der Waals surface area contributed by atoms with Crippen LogP contribution in [0.5, 0.6) is 0 Å². The molecule has 104 valence electrons. The summed E-state index contributed by atoms with van der Waals surface area (Å²) in [5, 5.41) is 14.4. The van der Waals surface area contributed by atoms with Gasteiger partial charge in [-0.25, -0.2) is 0 Å². The molecule has 0 fully saturated rings. The Morgan fingerprint density at radius 2 is 2.00 bits per heavy atom. The van der Waals surface area contributed by atoms with Crippen LogP contribution in [0.15, 0.2) is 34.3 Å². The molecule has 0 unspecified atom stereocenters. The fourth-order valence-corrected chi connectivity index (χ4v) is 1.78. The number of amides is 1. The van der Waals surface area contributed by atoms with Crippen molar-refractivity contribution in [1.82, 2.24) is 5.32 Å². The number of hydrogen-bond donors (Lipinski definition) is 3. The van der Waals surface area contributed by atoms with Crippen LogP contribution in [0.1, 0.15) is 24.2 Å². The van der Waals surface area contributed by atoms with E-state index in [2.05, 4.69) is 10.5 Å². The van der Waals surface area contributed by atoms with Crippen LogP contribution in [0.25, 0.3) is 0 Å². The van der Waals surface area contributed by atoms with E-state index in [9.17, 15) is 4.79 Å². The minimum atomic E-state index is -0.594. The van der Waals surface area contributed by atoms with E-state index in [-0.39, 0.29) is 11.7 Å². The van der Waals surface area contributed by atoms with Gasteiger partial charge >= 0.3 is 0 Å². The Labute approximate surface area is 117 Å². The molecule has 0 saturated heterocycles. The van der Waals surface area contributed by atoms with E-state index in [4.69, 9.17) is 10.9 Å². The fraction of sp³-hybridized carbons (Fsp3) is 0.385. The van der Waals surface area contributed by atoms with E-state index in [0.29, 0.717) is 12.1 Å². The second-order valence-corrected chi connectivity index (χ2v) is 5.66. The number of oxime groups is 1. The summed E-state index contributed by atoms with van der Waals surface area (Å²) in [4.78, 5) is 13.0. The lowest BCUT2D eigenvalue weighted by Gasteiger charge is -2.23. The highest BCUT2D eigenvalue weighted by molar-refractivity contribution is 7.98. The van der Waals surface area contributed by atoms with Gasteiger partial charge in [0, 0.05) is 22.4 Å². The zero-order chi connectivity index (χ0) is 14.5. The van der Waals surface area contributed by atoms with Gasteiger partial charge in [-0.2, -0.15) is 0 Å². The maximum atomic E-state index is 11.9. The molecule has 5 nitrogen and oxygen atoms in total. The van der Waals surface area contributed by atoms with Gasteiger partial charge in [0.15, 0.2) is 0 Å². The van der Waals surface area contributed by atoms with Gasteiger partial charge in [0.25, 0.3) is 5.91 Å². The Bertz CT molecular complexity index is 469. The van der Waals surface area contributed by atoms with E-state index in [1.165, 1.54) is 0 Å². The third kappa shape index (κ3) is 4.17. The summed E-state index contributed by atoms with van der Waals surface area (Å²) in [7, 11) is 0. The standard InChI is InChI=1S/C13H19N3O2S/c1-13(2,12(14)16-18)8-15-11(17)9-4-6-10(19-3)7-5-9/h4-7,18H,8H2,1-3H3,(H2,14,16)(H,15,17). The second-order valence-electron chi connectivity index (χ2n) is 4.78. The average Bonchev–Trinajstić information content (AvgIpc) is 2.43. The lowest BCUT2D eigenvalue weighted by Crippen LogP contribution is -2.42. The molecule has 0 heterocycles. The first-order chi connectivity index (χ1) is 8.90. The maximum absolute atomic E-state index is 11.9. The molecule has 0 atom stereocenters. The molecule has 0 aliphatic rings. The maximum Gasteiger partial charge on any atom is 0.251 e. The minimum absolute atomic E-state index is 0.0885. The van der Waals surface area contributed by atoms with Gasteiger partial charge in [0.05, 0.1) is 0 Å². The van der Waals surface area contributed by atoms with Crippen LogP contribution in [-0.2, 0) is 0 Å². The second kappa shape index (κ2) is 6.47. The van der Waals surface area contributed by atoms with Crippen molar-refractivity contribution in [3.63, 3.8) is 0 Å². The molecular formula is C13H19N3O2S. The van der Waals surface area contributed by atoms with E-state index < -0.39 is 5.41 Å². The number of carbonyl (C=O) groups is 1. The number of benzene rings is 1. The van der Waals surface area contributed by atoms with Gasteiger partial charge in [-0.1, -0.05) is 19.0 Å². The third-order valence-electron chi connectivity index (χ3n) is 2.84. The van der Waals surface area contributed by atoms with Crippen LogP contribution in [0.3, 0.4) is 0 Å². The zero-order valence-electron chi connectivity index (χ0n) is 11.3. The van der Waals surface area contributed by atoms with Crippen molar-refractivity contribution in [1.29, 1.82) is 0 Å². The topological polar surface area (TPSA) is 87.7 Å². The Morgan fingerprint density at radius 1 is 1.42 bits per heavy atom. The molecule has 4 N–H and O–H groups in total. The molecule has 1 aromatic rings. The quantitative estimate of drug-likeness (QED) is 0.253. The monoisotopic (exact) mass is 281 g/mol. The van der Waals surface area contributed by atoms with Crippen LogP contribution in [0.2, 0.25) is 0 Å². The molecule has 0 aromatic heterocycles. The van der Waals surface area contributed by atoms with E-state index in [1.54, 1.807) is 37.7 Å². The average molecular weight is 281 g/mol. The summed E-state index contributed by atoms with van der Waals surface area (Å²) in [6.07, 6.45) is 1.98. The minimum Gasteiger partial charge on any atom is -0.409 e. The number of nitrogens with two attached hydrogens (primary N) is 1. The lowest BCUT2D eigenvalue weighted by molar-refractivity contribution is 0.0944. The third-order valence-corrected chi connectivity index (χ3v) is 3.59. The summed E-state index contributed by atoms with van der Waals surface area (Å²) in [6, 6.07) is 7.35. The van der Waals surface area contributed by atoms with Gasteiger partial charge in [-0.15, -0.1) is 11.8 Å². The van der Waals surface area contributed by atoms with Crippen LogP contribution in [0, 0.1) is 5.41 Å². The highest BCUT2D eigenvalue weighted by atomic mass is 32.2. The smallest absolute Gasteiger partial charge is 0.251 e. The molecule has 0 aliphatic heterocycles.